The summed E-state index contributed by atoms with van der Waals surface area (Å²) in [4.78, 5) is 24.3. The van der Waals surface area contributed by atoms with Crippen LogP contribution in [-0.4, -0.2) is 34.5 Å². The van der Waals surface area contributed by atoms with Crippen molar-refractivity contribution < 1.29 is 28.2 Å². The number of hydrogen-bond donors (Lipinski definition) is 1. The van der Waals surface area contributed by atoms with E-state index in [0.29, 0.717) is 17.9 Å². The second kappa shape index (κ2) is 7.21. The number of fused-ring (bicyclic) bond motifs is 6. The van der Waals surface area contributed by atoms with Crippen molar-refractivity contribution in [2.75, 3.05) is 11.6 Å². The molecular weight excluding hydrogens is 472 g/mol. The second-order valence-corrected chi connectivity index (χ2v) is 11.3. The molecule has 10 heteroatoms. The molecule has 1 N–H and O–H groups in total. The first-order chi connectivity index (χ1) is 17.0. The van der Waals surface area contributed by atoms with Gasteiger partial charge in [-0.25, -0.2) is 4.79 Å². The van der Waals surface area contributed by atoms with Crippen LogP contribution in [0, 0.1) is 22.2 Å². The zero-order chi connectivity index (χ0) is 25.6. The number of alkyl halides is 2. The number of carboxylic acids is 1. The molecule has 0 spiro atoms. The number of pyridine rings is 1. The Morgan fingerprint density at radius 3 is 2.61 bits per heavy atom. The molecule has 3 aliphatic carbocycles. The zero-order valence-electron chi connectivity index (χ0n) is 19.9. The maximum atomic E-state index is 13.4. The molecule has 2 aliphatic heterocycles. The molecule has 4 fully saturated rings. The Bertz CT molecular complexity index is 1390. The van der Waals surface area contributed by atoms with Gasteiger partial charge in [0.15, 0.2) is 16.9 Å². The third-order valence-electron chi connectivity index (χ3n) is 8.32. The van der Waals surface area contributed by atoms with E-state index in [0.717, 1.165) is 37.7 Å². The van der Waals surface area contributed by atoms with Crippen molar-refractivity contribution in [3.63, 3.8) is 0 Å². The molecule has 7 rings (SSSR count). The van der Waals surface area contributed by atoms with Gasteiger partial charge >= 0.3 is 12.6 Å². The van der Waals surface area contributed by atoms with Gasteiger partial charge in [-0.05, 0) is 63.6 Å². The number of carboxylic acid groups (broad SMARTS) is 1. The molecule has 0 unspecified atom stereocenters. The van der Waals surface area contributed by atoms with E-state index in [1.165, 1.54) is 18.3 Å². The molecule has 1 aromatic carbocycles. The smallest absolute Gasteiger partial charge is 0.387 e. The number of aromatic nitrogens is 1. The van der Waals surface area contributed by atoms with E-state index in [1.54, 1.807) is 10.7 Å². The average molecular weight is 497 g/mol. The SMILES string of the molecule is CC1(C)CC[C@@H]2c3cc(OCC45CC(C#N)(C4)C5)c(OC(F)F)cc3-c3cc(=O)c(C(=O)O)cn3N21. The molecule has 1 atom stereocenters. The molecule has 3 saturated carbocycles. The van der Waals surface area contributed by atoms with Crippen molar-refractivity contribution in [1.82, 2.24) is 4.68 Å². The number of aromatic carboxylic acids is 1. The fourth-order valence-corrected chi connectivity index (χ4v) is 6.82. The van der Waals surface area contributed by atoms with Crippen molar-refractivity contribution in [3.8, 4) is 28.8 Å². The summed E-state index contributed by atoms with van der Waals surface area (Å²) in [5, 5.41) is 20.9. The predicted molar refractivity (Wildman–Crippen MR) is 124 cm³/mol. The molecule has 1 aromatic heterocycles. The molecule has 0 radical (unpaired) electrons. The van der Waals surface area contributed by atoms with Crippen LogP contribution in [0.25, 0.3) is 11.3 Å². The number of nitrogens with zero attached hydrogens (tertiary/aromatic N) is 3. The van der Waals surface area contributed by atoms with Gasteiger partial charge in [-0.2, -0.15) is 14.0 Å². The third kappa shape index (κ3) is 3.14. The highest BCUT2D eigenvalue weighted by molar-refractivity contribution is 5.88. The quantitative estimate of drug-likeness (QED) is 0.629. The minimum absolute atomic E-state index is 0.0950. The number of nitriles is 1. The minimum Gasteiger partial charge on any atom is -0.489 e. The third-order valence-corrected chi connectivity index (χ3v) is 8.32. The van der Waals surface area contributed by atoms with Crippen LogP contribution in [0.5, 0.6) is 11.5 Å². The van der Waals surface area contributed by atoms with E-state index in [2.05, 4.69) is 6.07 Å². The Labute approximate surface area is 205 Å². The van der Waals surface area contributed by atoms with Gasteiger partial charge in [-0.3, -0.25) is 14.5 Å². The monoisotopic (exact) mass is 497 g/mol. The molecule has 0 amide bonds. The van der Waals surface area contributed by atoms with Crippen molar-refractivity contribution in [3.05, 3.63) is 45.7 Å². The highest BCUT2D eigenvalue weighted by Gasteiger charge is 2.68. The van der Waals surface area contributed by atoms with Crippen LogP contribution in [0.15, 0.2) is 29.2 Å². The fraction of sp³-hybridized carbons (Fsp3) is 0.500. The highest BCUT2D eigenvalue weighted by Crippen LogP contribution is 2.73. The fourth-order valence-electron chi connectivity index (χ4n) is 6.82. The van der Waals surface area contributed by atoms with Crippen molar-refractivity contribution in [2.24, 2.45) is 10.8 Å². The number of halogens is 2. The normalized spacial score (nSPS) is 28.2. The molecule has 8 nitrogen and oxygen atoms in total. The topological polar surface area (TPSA) is 105 Å². The van der Waals surface area contributed by atoms with Gasteiger partial charge in [0.1, 0.15) is 5.56 Å². The Hall–Kier alpha value is -3.61. The number of rotatable bonds is 6. The van der Waals surface area contributed by atoms with Crippen molar-refractivity contribution >= 4 is 5.97 Å². The summed E-state index contributed by atoms with van der Waals surface area (Å²) in [7, 11) is 0. The molecule has 2 bridgehead atoms. The molecular formula is C26H25F2N3O5. The first kappa shape index (κ1) is 22.8. The summed E-state index contributed by atoms with van der Waals surface area (Å²) in [6.07, 6.45) is 5.11. The average Bonchev–Trinajstić information content (AvgIpc) is 3.07. The highest BCUT2D eigenvalue weighted by atomic mass is 19.3. The molecule has 3 heterocycles. The minimum atomic E-state index is -3.08. The number of ether oxygens (including phenoxy) is 2. The van der Waals surface area contributed by atoms with Gasteiger partial charge in [-0.15, -0.1) is 0 Å². The molecule has 1 saturated heterocycles. The summed E-state index contributed by atoms with van der Waals surface area (Å²) in [6.45, 7) is 1.32. The van der Waals surface area contributed by atoms with Gasteiger partial charge < -0.3 is 14.6 Å². The van der Waals surface area contributed by atoms with E-state index in [-0.39, 0.29) is 39.5 Å². The van der Waals surface area contributed by atoms with E-state index in [9.17, 15) is 28.7 Å². The maximum absolute atomic E-state index is 13.4. The largest absolute Gasteiger partial charge is 0.489 e. The van der Waals surface area contributed by atoms with Crippen LogP contribution >= 0.6 is 0 Å². The van der Waals surface area contributed by atoms with Crippen LogP contribution in [0.1, 0.15) is 67.9 Å². The molecule has 5 aliphatic rings. The van der Waals surface area contributed by atoms with Gasteiger partial charge in [0.25, 0.3) is 0 Å². The second-order valence-electron chi connectivity index (χ2n) is 11.3. The lowest BCUT2D eigenvalue weighted by Gasteiger charge is -2.66. The van der Waals surface area contributed by atoms with Crippen LogP contribution in [0.2, 0.25) is 0 Å². The zero-order valence-corrected chi connectivity index (χ0v) is 19.9. The molecule has 36 heavy (non-hydrogen) atoms. The Morgan fingerprint density at radius 1 is 1.25 bits per heavy atom. The number of hydrogen-bond acceptors (Lipinski definition) is 6. The van der Waals surface area contributed by atoms with Crippen molar-refractivity contribution in [2.45, 2.75) is 64.1 Å². The summed E-state index contributed by atoms with van der Waals surface area (Å²) in [5.74, 6) is -1.27. The van der Waals surface area contributed by atoms with Gasteiger partial charge in [0.2, 0.25) is 0 Å². The van der Waals surface area contributed by atoms with Gasteiger partial charge in [-0.1, -0.05) is 0 Å². The van der Waals surface area contributed by atoms with E-state index >= 15 is 0 Å². The summed E-state index contributed by atoms with van der Waals surface area (Å²) in [6, 6.07) is 6.60. The van der Waals surface area contributed by atoms with Crippen molar-refractivity contribution in [1.29, 1.82) is 5.26 Å². The van der Waals surface area contributed by atoms with E-state index in [1.807, 2.05) is 18.9 Å². The molecule has 2 aromatic rings. The standard InChI is InChI=1S/C26H25F2N3O5/c1-24(2)4-3-17-14-5-20(35-13-26-9-25(10-26,11-26)12-29)21(36-23(27)28)6-15(14)18-7-19(32)16(22(33)34)8-30(18)31(17)24/h5-8,17,23H,3-4,9-11,13H2,1-2H3,(H,33,34)/t17-,25?,26?/m1/s1. The summed E-state index contributed by atoms with van der Waals surface area (Å²) < 4.78 is 39.3. The lowest BCUT2D eigenvalue weighted by molar-refractivity contribution is -0.182. The number of carbonyl (C=O) groups is 1. The van der Waals surface area contributed by atoms with Gasteiger partial charge in [0, 0.05) is 23.2 Å². The van der Waals surface area contributed by atoms with Crippen LogP contribution in [-0.2, 0) is 0 Å². The molecule has 188 valence electrons. The Morgan fingerprint density at radius 2 is 1.97 bits per heavy atom. The number of benzene rings is 1. The first-order valence-corrected chi connectivity index (χ1v) is 11.9. The Balaban J connectivity index is 1.46. The van der Waals surface area contributed by atoms with Gasteiger partial charge in [0.05, 0.1) is 35.4 Å². The van der Waals surface area contributed by atoms with E-state index < -0.39 is 18.0 Å². The Kier molecular flexibility index (Phi) is 4.58. The lowest BCUT2D eigenvalue weighted by Crippen LogP contribution is -2.63. The summed E-state index contributed by atoms with van der Waals surface area (Å²) in [5.41, 5.74) is 0.0329. The summed E-state index contributed by atoms with van der Waals surface area (Å²) >= 11 is 0. The predicted octanol–water partition coefficient (Wildman–Crippen LogP) is 4.45. The van der Waals surface area contributed by atoms with Crippen LogP contribution < -0.4 is 19.9 Å². The van der Waals surface area contributed by atoms with Crippen LogP contribution in [0.3, 0.4) is 0 Å². The van der Waals surface area contributed by atoms with Crippen LogP contribution in [0.4, 0.5) is 8.78 Å². The van der Waals surface area contributed by atoms with E-state index in [4.69, 9.17) is 9.47 Å². The first-order valence-electron chi connectivity index (χ1n) is 11.9. The lowest BCUT2D eigenvalue weighted by atomic mass is 9.36. The maximum Gasteiger partial charge on any atom is 0.387 e.